The van der Waals surface area contributed by atoms with Crippen LogP contribution in [0.1, 0.15) is 15.4 Å². The highest BCUT2D eigenvalue weighted by molar-refractivity contribution is 7.15. The van der Waals surface area contributed by atoms with Crippen molar-refractivity contribution in [2.24, 2.45) is 7.05 Å². The van der Waals surface area contributed by atoms with Gasteiger partial charge in [-0.3, -0.25) is 9.48 Å². The van der Waals surface area contributed by atoms with Gasteiger partial charge in [-0.05, 0) is 25.1 Å². The summed E-state index contributed by atoms with van der Waals surface area (Å²) in [5.74, 6) is -2.06. The zero-order valence-corrected chi connectivity index (χ0v) is 15.6. The summed E-state index contributed by atoms with van der Waals surface area (Å²) in [6, 6.07) is 4.85. The predicted molar refractivity (Wildman–Crippen MR) is 98.9 cm³/mol. The van der Waals surface area contributed by atoms with Crippen LogP contribution in [-0.2, 0) is 7.05 Å². The smallest absolute Gasteiger partial charge is 0.276 e. The Hall–Kier alpha value is -3.40. The van der Waals surface area contributed by atoms with E-state index in [0.717, 1.165) is 17.0 Å². The van der Waals surface area contributed by atoms with E-state index in [-0.39, 0.29) is 5.69 Å². The van der Waals surface area contributed by atoms with Crippen molar-refractivity contribution in [3.8, 4) is 22.3 Å². The molecule has 0 aliphatic carbocycles. The third-order valence-corrected chi connectivity index (χ3v) is 4.93. The lowest BCUT2D eigenvalue weighted by atomic mass is 10.2. The molecule has 3 aromatic heterocycles. The van der Waals surface area contributed by atoms with Crippen molar-refractivity contribution in [2.45, 2.75) is 6.92 Å². The van der Waals surface area contributed by atoms with Gasteiger partial charge < -0.3 is 9.73 Å². The molecule has 0 atom stereocenters. The number of rotatable bonds is 4. The number of aromatic nitrogens is 4. The van der Waals surface area contributed by atoms with Gasteiger partial charge in [-0.2, -0.15) is 5.10 Å². The molecule has 0 radical (unpaired) electrons. The van der Waals surface area contributed by atoms with Crippen LogP contribution < -0.4 is 5.32 Å². The number of halogens is 2. The van der Waals surface area contributed by atoms with Crippen molar-refractivity contribution < 1.29 is 18.0 Å². The molecule has 0 fully saturated rings. The molecule has 1 aromatic carbocycles. The van der Waals surface area contributed by atoms with Crippen LogP contribution in [-0.4, -0.2) is 25.7 Å². The number of anilines is 1. The van der Waals surface area contributed by atoms with E-state index in [1.807, 2.05) is 6.92 Å². The Balaban J connectivity index is 1.65. The van der Waals surface area contributed by atoms with Gasteiger partial charge in [-0.15, -0.1) is 11.3 Å². The first-order valence-corrected chi connectivity index (χ1v) is 8.92. The summed E-state index contributed by atoms with van der Waals surface area (Å²) in [7, 11) is 1.65. The lowest BCUT2D eigenvalue weighted by Gasteiger charge is -2.05. The van der Waals surface area contributed by atoms with Crippen LogP contribution in [0.4, 0.5) is 14.5 Å². The first-order chi connectivity index (χ1) is 13.4. The second-order valence-electron chi connectivity index (χ2n) is 5.85. The average Bonchev–Trinajstić information content (AvgIpc) is 3.38. The van der Waals surface area contributed by atoms with Gasteiger partial charge >= 0.3 is 0 Å². The lowest BCUT2D eigenvalue weighted by Crippen LogP contribution is -2.15. The number of carbonyl (C=O) groups is 1. The second kappa shape index (κ2) is 6.97. The Kier molecular flexibility index (Phi) is 4.47. The van der Waals surface area contributed by atoms with Gasteiger partial charge in [-0.1, -0.05) is 6.07 Å². The maximum Gasteiger partial charge on any atom is 0.276 e. The van der Waals surface area contributed by atoms with Crippen LogP contribution in [0, 0.1) is 18.6 Å². The van der Waals surface area contributed by atoms with Crippen LogP contribution in [0.15, 0.2) is 41.1 Å². The quantitative estimate of drug-likeness (QED) is 0.558. The van der Waals surface area contributed by atoms with E-state index >= 15 is 0 Å². The van der Waals surface area contributed by atoms with E-state index in [4.69, 9.17) is 4.42 Å². The number of oxazole rings is 1. The molecule has 142 valence electrons. The first kappa shape index (κ1) is 18.0. The summed E-state index contributed by atoms with van der Waals surface area (Å²) < 4.78 is 34.3. The molecule has 4 aromatic rings. The zero-order chi connectivity index (χ0) is 19.8. The Labute approximate surface area is 161 Å². The standard InChI is InChI=1S/C18H13F2N5O2S/c1-9-14(23-18(28-9)17-21-6-7-27-17)13-8-12(24-25(13)2)16(26)22-15-10(19)4-3-5-11(15)20/h3-8H,1-2H3,(H,22,26). The van der Waals surface area contributed by atoms with Gasteiger partial charge in [0.25, 0.3) is 11.8 Å². The lowest BCUT2D eigenvalue weighted by molar-refractivity contribution is 0.102. The average molecular weight is 401 g/mol. The molecular weight excluding hydrogens is 388 g/mol. The molecule has 0 saturated heterocycles. The number of benzene rings is 1. The monoisotopic (exact) mass is 401 g/mol. The molecule has 7 nitrogen and oxygen atoms in total. The van der Waals surface area contributed by atoms with Gasteiger partial charge in [0.1, 0.15) is 29.3 Å². The SMILES string of the molecule is Cc1sc(-c2ncco2)nc1-c1cc(C(=O)Nc2c(F)cccc2F)nn1C. The molecule has 3 heterocycles. The van der Waals surface area contributed by atoms with Gasteiger partial charge in [-0.25, -0.2) is 18.7 Å². The summed E-state index contributed by atoms with van der Waals surface area (Å²) in [4.78, 5) is 21.9. The first-order valence-electron chi connectivity index (χ1n) is 8.11. The molecule has 0 aliphatic heterocycles. The number of thiazole rings is 1. The maximum absolute atomic E-state index is 13.8. The van der Waals surface area contributed by atoms with E-state index in [0.29, 0.717) is 22.3 Å². The molecule has 0 bridgehead atoms. The minimum Gasteiger partial charge on any atom is -0.443 e. The van der Waals surface area contributed by atoms with Crippen LogP contribution in [0.25, 0.3) is 22.3 Å². The van der Waals surface area contributed by atoms with Gasteiger partial charge in [0.05, 0.1) is 11.9 Å². The van der Waals surface area contributed by atoms with Gasteiger partial charge in [0.15, 0.2) is 10.7 Å². The molecule has 10 heteroatoms. The van der Waals surface area contributed by atoms with E-state index in [1.54, 1.807) is 7.05 Å². The highest BCUT2D eigenvalue weighted by Crippen LogP contribution is 2.32. The van der Waals surface area contributed by atoms with Gasteiger partial charge in [0.2, 0.25) is 0 Å². The Morgan fingerprint density at radius 3 is 2.71 bits per heavy atom. The summed E-state index contributed by atoms with van der Waals surface area (Å²) in [5.41, 5.74) is 0.677. The number of aryl methyl sites for hydroxylation is 2. The number of para-hydroxylation sites is 1. The summed E-state index contributed by atoms with van der Waals surface area (Å²) >= 11 is 1.39. The highest BCUT2D eigenvalue weighted by Gasteiger charge is 2.21. The number of amides is 1. The Morgan fingerprint density at radius 1 is 1.29 bits per heavy atom. The normalized spacial score (nSPS) is 11.0. The van der Waals surface area contributed by atoms with Crippen molar-refractivity contribution in [3.05, 3.63) is 58.9 Å². The zero-order valence-electron chi connectivity index (χ0n) is 14.7. The van der Waals surface area contributed by atoms with Crippen molar-refractivity contribution in [1.82, 2.24) is 19.7 Å². The molecule has 0 spiro atoms. The van der Waals surface area contributed by atoms with E-state index in [9.17, 15) is 13.6 Å². The van der Waals surface area contributed by atoms with E-state index < -0.39 is 23.2 Å². The summed E-state index contributed by atoms with van der Waals surface area (Å²) in [6.07, 6.45) is 2.99. The molecule has 0 aliphatic rings. The molecule has 0 saturated carbocycles. The van der Waals surface area contributed by atoms with Crippen LogP contribution >= 0.6 is 11.3 Å². The highest BCUT2D eigenvalue weighted by atomic mass is 32.1. The van der Waals surface area contributed by atoms with Crippen LogP contribution in [0.3, 0.4) is 0 Å². The Morgan fingerprint density at radius 2 is 2.04 bits per heavy atom. The molecule has 0 unspecified atom stereocenters. The van der Waals surface area contributed by atoms with E-state index in [1.165, 1.54) is 40.6 Å². The van der Waals surface area contributed by atoms with Crippen molar-refractivity contribution >= 4 is 22.9 Å². The minimum absolute atomic E-state index is 0.00484. The van der Waals surface area contributed by atoms with Crippen molar-refractivity contribution in [1.29, 1.82) is 0 Å². The van der Waals surface area contributed by atoms with Crippen molar-refractivity contribution in [2.75, 3.05) is 5.32 Å². The van der Waals surface area contributed by atoms with Gasteiger partial charge in [0, 0.05) is 11.9 Å². The van der Waals surface area contributed by atoms with Crippen LogP contribution in [0.2, 0.25) is 0 Å². The molecular formula is C18H13F2N5O2S. The largest absolute Gasteiger partial charge is 0.443 e. The summed E-state index contributed by atoms with van der Waals surface area (Å²) in [6.45, 7) is 1.88. The number of hydrogen-bond donors (Lipinski definition) is 1. The topological polar surface area (TPSA) is 85.8 Å². The molecule has 1 amide bonds. The number of hydrogen-bond acceptors (Lipinski definition) is 6. The number of carbonyl (C=O) groups excluding carboxylic acids is 1. The minimum atomic E-state index is -0.865. The fourth-order valence-corrected chi connectivity index (χ4v) is 3.51. The molecule has 1 N–H and O–H groups in total. The van der Waals surface area contributed by atoms with Crippen molar-refractivity contribution in [3.63, 3.8) is 0 Å². The fourth-order valence-electron chi connectivity index (χ4n) is 2.65. The maximum atomic E-state index is 13.8. The molecule has 4 rings (SSSR count). The predicted octanol–water partition coefficient (Wildman–Crippen LogP) is 4.04. The number of nitrogens with zero attached hydrogens (tertiary/aromatic N) is 4. The van der Waals surface area contributed by atoms with E-state index in [2.05, 4.69) is 20.4 Å². The number of nitrogens with one attached hydrogen (secondary N) is 1. The second-order valence-corrected chi connectivity index (χ2v) is 7.05. The molecule has 28 heavy (non-hydrogen) atoms. The fraction of sp³-hybridized carbons (Fsp3) is 0.111. The Bertz CT molecular complexity index is 1150. The van der Waals surface area contributed by atoms with Crippen LogP contribution in [0.5, 0.6) is 0 Å². The third kappa shape index (κ3) is 3.18. The summed E-state index contributed by atoms with van der Waals surface area (Å²) in [5, 5.41) is 6.96. The third-order valence-electron chi connectivity index (χ3n) is 3.97.